The second kappa shape index (κ2) is 20.2. The molecule has 0 saturated carbocycles. The predicted octanol–water partition coefficient (Wildman–Crippen LogP) is 2.66. The van der Waals surface area contributed by atoms with Crippen molar-refractivity contribution in [1.82, 2.24) is 0 Å². The summed E-state index contributed by atoms with van der Waals surface area (Å²) < 4.78 is 0. The van der Waals surface area contributed by atoms with Gasteiger partial charge in [-0.25, -0.2) is 0 Å². The van der Waals surface area contributed by atoms with E-state index in [-0.39, 0.29) is 80.2 Å². The van der Waals surface area contributed by atoms with Gasteiger partial charge in [0, 0.05) is 0 Å². The Hall–Kier alpha value is -2.04. The molecular weight excluding hydrogens is 458 g/mol. The topological polar surface area (TPSA) is 92.2 Å². The van der Waals surface area contributed by atoms with Gasteiger partial charge in [0.05, 0.1) is 0 Å². The van der Waals surface area contributed by atoms with Gasteiger partial charge in [-0.2, -0.15) is 0 Å². The van der Waals surface area contributed by atoms with E-state index in [9.17, 15) is 20.4 Å². The molecule has 30 heavy (non-hydrogen) atoms. The molecule has 0 fully saturated rings. The first kappa shape index (κ1) is 30.2. The number of benzene rings is 4. The van der Waals surface area contributed by atoms with Crippen molar-refractivity contribution in [2.24, 2.45) is 0 Å². The smallest absolute Gasteiger partial charge is 0.872 e. The van der Waals surface area contributed by atoms with Crippen LogP contribution in [0.3, 0.4) is 0 Å². The molecule has 0 amide bonds. The van der Waals surface area contributed by atoms with Crippen molar-refractivity contribution in [1.29, 1.82) is 0 Å². The molecule has 0 aliphatic rings. The Kier molecular flexibility index (Phi) is 20.4. The van der Waals surface area contributed by atoms with Crippen LogP contribution in [0.1, 0.15) is 0 Å². The summed E-state index contributed by atoms with van der Waals surface area (Å²) in [7, 11) is 0. The van der Waals surface area contributed by atoms with Crippen molar-refractivity contribution in [3.63, 3.8) is 0 Å². The maximum Gasteiger partial charge on any atom is 2.00 e. The summed E-state index contributed by atoms with van der Waals surface area (Å²) in [6.45, 7) is 0. The van der Waals surface area contributed by atoms with Crippen LogP contribution in [0.25, 0.3) is 0 Å². The summed E-state index contributed by atoms with van der Waals surface area (Å²) in [5.41, 5.74) is 0. The molecular formula is C24H20CaO4Zn. The summed E-state index contributed by atoms with van der Waals surface area (Å²) in [5.74, 6) is 0.287. The van der Waals surface area contributed by atoms with Gasteiger partial charge in [-0.05, 0) is 0 Å². The minimum atomic E-state index is 0. The van der Waals surface area contributed by atoms with E-state index < -0.39 is 0 Å². The standard InChI is InChI=1S/4C6H6O.Ca.Zn/c4*7-6-4-2-1-3-5-6;;/h4*1-5,7H;;/q;;;;2*+2/p-4. The molecule has 144 valence electrons. The molecule has 4 rings (SSSR count). The molecule has 0 heterocycles. The van der Waals surface area contributed by atoms with E-state index in [0.717, 1.165) is 0 Å². The van der Waals surface area contributed by atoms with E-state index in [0.29, 0.717) is 0 Å². The van der Waals surface area contributed by atoms with E-state index in [2.05, 4.69) is 0 Å². The zero-order chi connectivity index (χ0) is 20.5. The zero-order valence-corrected chi connectivity index (χ0v) is 21.8. The number of hydrogen-bond acceptors (Lipinski definition) is 4. The van der Waals surface area contributed by atoms with E-state index in [4.69, 9.17) is 0 Å². The zero-order valence-electron chi connectivity index (χ0n) is 16.6. The third-order valence-corrected chi connectivity index (χ3v) is 2.97. The average molecular weight is 478 g/mol. The molecule has 0 radical (unpaired) electrons. The van der Waals surface area contributed by atoms with Crippen molar-refractivity contribution in [2.45, 2.75) is 0 Å². The van der Waals surface area contributed by atoms with E-state index in [1.54, 1.807) is 48.5 Å². The second-order valence-corrected chi connectivity index (χ2v) is 5.25. The third-order valence-electron chi connectivity index (χ3n) is 2.97. The van der Waals surface area contributed by atoms with Crippen LogP contribution < -0.4 is 20.4 Å². The predicted molar refractivity (Wildman–Crippen MR) is 109 cm³/mol. The number of para-hydroxylation sites is 4. The van der Waals surface area contributed by atoms with Crippen molar-refractivity contribution in [2.75, 3.05) is 0 Å². The minimum Gasteiger partial charge on any atom is -0.872 e. The molecule has 0 aromatic heterocycles. The van der Waals surface area contributed by atoms with E-state index in [1.807, 2.05) is 24.3 Å². The fourth-order valence-electron chi connectivity index (χ4n) is 1.68. The molecule has 6 heteroatoms. The Morgan fingerprint density at radius 2 is 0.433 bits per heavy atom. The van der Waals surface area contributed by atoms with Gasteiger partial charge in [0.1, 0.15) is 0 Å². The average Bonchev–Trinajstić information content (AvgIpc) is 2.72. The van der Waals surface area contributed by atoms with Crippen LogP contribution in [0.5, 0.6) is 23.0 Å². The molecule has 0 saturated heterocycles. The van der Waals surface area contributed by atoms with Crippen molar-refractivity contribution < 1.29 is 39.9 Å². The van der Waals surface area contributed by atoms with Crippen LogP contribution in [0.2, 0.25) is 0 Å². The minimum absolute atomic E-state index is 0. The van der Waals surface area contributed by atoms with E-state index in [1.165, 1.54) is 48.5 Å². The first-order chi connectivity index (χ1) is 13.6. The number of rotatable bonds is 0. The van der Waals surface area contributed by atoms with E-state index >= 15 is 0 Å². The number of hydrogen-bond donors (Lipinski definition) is 0. The summed E-state index contributed by atoms with van der Waals surface area (Å²) in [6, 6.07) is 33.3. The fraction of sp³-hybridized carbons (Fsp3) is 0. The Balaban J connectivity index is 0. The molecule has 4 nitrogen and oxygen atoms in total. The summed E-state index contributed by atoms with van der Waals surface area (Å²) in [4.78, 5) is 0. The first-order valence-corrected chi connectivity index (χ1v) is 8.46. The molecule has 0 aliphatic carbocycles. The van der Waals surface area contributed by atoms with Crippen LogP contribution in [0.15, 0.2) is 121 Å². The van der Waals surface area contributed by atoms with Gasteiger partial charge in [0.2, 0.25) is 0 Å². The van der Waals surface area contributed by atoms with Crippen LogP contribution in [-0.4, -0.2) is 37.7 Å². The van der Waals surface area contributed by atoms with Crippen molar-refractivity contribution in [3.8, 4) is 23.0 Å². The third kappa shape index (κ3) is 18.0. The van der Waals surface area contributed by atoms with Crippen LogP contribution in [0.4, 0.5) is 0 Å². The molecule has 0 aliphatic heterocycles. The van der Waals surface area contributed by atoms with Crippen LogP contribution in [-0.2, 0) is 19.5 Å². The first-order valence-electron chi connectivity index (χ1n) is 8.46. The summed E-state index contributed by atoms with van der Waals surface area (Å²) in [6.07, 6.45) is 0. The van der Waals surface area contributed by atoms with Crippen LogP contribution in [0, 0.1) is 0 Å². The van der Waals surface area contributed by atoms with Gasteiger partial charge in [0.25, 0.3) is 0 Å². The largest absolute Gasteiger partial charge is 2.00 e. The van der Waals surface area contributed by atoms with Crippen molar-refractivity contribution >= 4 is 37.7 Å². The fourth-order valence-corrected chi connectivity index (χ4v) is 1.68. The molecule has 0 atom stereocenters. The summed E-state index contributed by atoms with van der Waals surface area (Å²) in [5, 5.41) is 41.1. The molecule has 0 bridgehead atoms. The van der Waals surface area contributed by atoms with Gasteiger partial charge in [-0.3, -0.25) is 0 Å². The Morgan fingerprint density at radius 3 is 0.500 bits per heavy atom. The second-order valence-electron chi connectivity index (χ2n) is 5.25. The van der Waals surface area contributed by atoms with Gasteiger partial charge in [-0.15, -0.1) is 23.0 Å². The van der Waals surface area contributed by atoms with Gasteiger partial charge < -0.3 is 20.4 Å². The Labute approximate surface area is 220 Å². The van der Waals surface area contributed by atoms with Gasteiger partial charge >= 0.3 is 57.2 Å². The molecule has 4 aromatic carbocycles. The quantitative estimate of drug-likeness (QED) is 0.364. The van der Waals surface area contributed by atoms with Crippen molar-refractivity contribution in [3.05, 3.63) is 121 Å². The van der Waals surface area contributed by atoms with Crippen LogP contribution >= 0.6 is 0 Å². The maximum absolute atomic E-state index is 10.3. The molecule has 4 aromatic rings. The monoisotopic (exact) mass is 476 g/mol. The van der Waals surface area contributed by atoms with Gasteiger partial charge in [0.15, 0.2) is 0 Å². The SMILES string of the molecule is [Ca+2].[O-]c1ccccc1.[O-]c1ccccc1.[O-]c1ccccc1.[O-]c1ccccc1.[Zn+2]. The normalized spacial score (nSPS) is 8.00. The molecule has 0 N–H and O–H groups in total. The summed E-state index contributed by atoms with van der Waals surface area (Å²) >= 11 is 0. The van der Waals surface area contributed by atoms with Gasteiger partial charge in [-0.1, -0.05) is 121 Å². The Bertz CT molecular complexity index is 699. The molecule has 0 spiro atoms. The Morgan fingerprint density at radius 1 is 0.300 bits per heavy atom. The molecule has 0 unspecified atom stereocenters. The maximum atomic E-state index is 10.3.